The van der Waals surface area contributed by atoms with E-state index in [9.17, 15) is 4.79 Å². The highest BCUT2D eigenvalue weighted by Gasteiger charge is 2.30. The summed E-state index contributed by atoms with van der Waals surface area (Å²) in [6.07, 6.45) is 1.75. The number of pyridine rings is 1. The minimum atomic E-state index is 0.0566. The standard InChI is InChI=1S/C13H13N3OS/c1-3-16-10-5-4-7-14-12(10)15(2)9-6-8-18-11(9)13(16)17/h4-8H,3H2,1-2H3. The Balaban J connectivity index is 2.29. The van der Waals surface area contributed by atoms with Gasteiger partial charge < -0.3 is 9.80 Å². The molecule has 0 radical (unpaired) electrons. The number of fused-ring (bicyclic) bond motifs is 2. The van der Waals surface area contributed by atoms with Crippen molar-refractivity contribution in [3.8, 4) is 0 Å². The van der Waals surface area contributed by atoms with E-state index in [1.807, 2.05) is 42.5 Å². The van der Waals surface area contributed by atoms with Crippen molar-refractivity contribution in [2.24, 2.45) is 0 Å². The number of rotatable bonds is 1. The van der Waals surface area contributed by atoms with Crippen LogP contribution in [0.2, 0.25) is 0 Å². The molecule has 0 atom stereocenters. The second-order valence-electron chi connectivity index (χ2n) is 4.09. The topological polar surface area (TPSA) is 36.4 Å². The van der Waals surface area contributed by atoms with Crippen molar-refractivity contribution in [2.75, 3.05) is 23.4 Å². The molecule has 1 amide bonds. The predicted octanol–water partition coefficient (Wildman–Crippen LogP) is 2.89. The molecule has 4 nitrogen and oxygen atoms in total. The Hall–Kier alpha value is -1.88. The van der Waals surface area contributed by atoms with Crippen LogP contribution >= 0.6 is 11.3 Å². The lowest BCUT2D eigenvalue weighted by Gasteiger charge is -2.22. The van der Waals surface area contributed by atoms with Gasteiger partial charge in [0.25, 0.3) is 5.91 Å². The fourth-order valence-electron chi connectivity index (χ4n) is 2.24. The van der Waals surface area contributed by atoms with E-state index in [0.29, 0.717) is 6.54 Å². The smallest absolute Gasteiger partial charge is 0.270 e. The summed E-state index contributed by atoms with van der Waals surface area (Å²) < 4.78 is 0. The van der Waals surface area contributed by atoms with Gasteiger partial charge in [0.15, 0.2) is 5.82 Å². The zero-order chi connectivity index (χ0) is 12.7. The van der Waals surface area contributed by atoms with Gasteiger partial charge in [-0.2, -0.15) is 0 Å². The first-order chi connectivity index (χ1) is 8.74. The molecule has 1 aliphatic heterocycles. The number of nitrogens with zero attached hydrogens (tertiary/aromatic N) is 3. The van der Waals surface area contributed by atoms with Crippen LogP contribution in [0.5, 0.6) is 0 Å². The van der Waals surface area contributed by atoms with Gasteiger partial charge in [0, 0.05) is 19.8 Å². The van der Waals surface area contributed by atoms with Crippen molar-refractivity contribution < 1.29 is 4.79 Å². The monoisotopic (exact) mass is 259 g/mol. The van der Waals surface area contributed by atoms with Gasteiger partial charge in [-0.25, -0.2) is 4.98 Å². The molecule has 0 unspecified atom stereocenters. The summed E-state index contributed by atoms with van der Waals surface area (Å²) in [6, 6.07) is 5.77. The SMILES string of the molecule is CCN1C(=O)c2sccc2N(C)c2ncccc21. The molecule has 0 aliphatic carbocycles. The number of hydrogen-bond acceptors (Lipinski definition) is 4. The number of carbonyl (C=O) groups excluding carboxylic acids is 1. The van der Waals surface area contributed by atoms with Crippen LogP contribution < -0.4 is 9.80 Å². The first-order valence-corrected chi connectivity index (χ1v) is 6.70. The number of amides is 1. The van der Waals surface area contributed by atoms with Gasteiger partial charge in [-0.15, -0.1) is 11.3 Å². The molecule has 1 aliphatic rings. The lowest BCUT2D eigenvalue weighted by molar-refractivity contribution is 0.0993. The molecule has 2 aromatic heterocycles. The summed E-state index contributed by atoms with van der Waals surface area (Å²) >= 11 is 1.48. The summed E-state index contributed by atoms with van der Waals surface area (Å²) in [4.78, 5) is 21.5. The van der Waals surface area contributed by atoms with E-state index in [1.54, 1.807) is 11.1 Å². The molecule has 18 heavy (non-hydrogen) atoms. The average Bonchev–Trinajstić information content (AvgIpc) is 2.85. The maximum atomic E-state index is 12.5. The minimum Gasteiger partial charge on any atom is -0.326 e. The van der Waals surface area contributed by atoms with E-state index in [0.717, 1.165) is 22.1 Å². The van der Waals surface area contributed by atoms with E-state index < -0.39 is 0 Å². The second-order valence-corrected chi connectivity index (χ2v) is 5.01. The summed E-state index contributed by atoms with van der Waals surface area (Å²) in [5.41, 5.74) is 1.80. The van der Waals surface area contributed by atoms with Gasteiger partial charge in [-0.3, -0.25) is 4.79 Å². The Labute approximate surface area is 109 Å². The summed E-state index contributed by atoms with van der Waals surface area (Å²) in [5, 5.41) is 1.95. The van der Waals surface area contributed by atoms with Gasteiger partial charge in [-0.05, 0) is 30.5 Å². The Kier molecular flexibility index (Phi) is 2.56. The van der Waals surface area contributed by atoms with E-state index in [2.05, 4.69) is 4.98 Å². The van der Waals surface area contributed by atoms with Crippen LogP contribution in [0.15, 0.2) is 29.8 Å². The van der Waals surface area contributed by atoms with Crippen LogP contribution in [-0.2, 0) is 0 Å². The lowest BCUT2D eigenvalue weighted by Crippen LogP contribution is -2.29. The number of thiophene rings is 1. The number of aromatic nitrogens is 1. The van der Waals surface area contributed by atoms with Gasteiger partial charge in [-0.1, -0.05) is 0 Å². The van der Waals surface area contributed by atoms with Crippen LogP contribution in [0.3, 0.4) is 0 Å². The van der Waals surface area contributed by atoms with Crippen LogP contribution in [0, 0.1) is 0 Å². The quantitative estimate of drug-likeness (QED) is 0.790. The first-order valence-electron chi connectivity index (χ1n) is 5.82. The molecule has 0 spiro atoms. The van der Waals surface area contributed by atoms with Crippen LogP contribution in [-0.4, -0.2) is 24.5 Å². The maximum absolute atomic E-state index is 12.5. The fourth-order valence-corrected chi connectivity index (χ4v) is 3.11. The molecule has 3 rings (SSSR count). The van der Waals surface area contributed by atoms with Crippen molar-refractivity contribution >= 4 is 34.4 Å². The highest BCUT2D eigenvalue weighted by Crippen LogP contribution is 2.39. The predicted molar refractivity (Wildman–Crippen MR) is 74.0 cm³/mol. The van der Waals surface area contributed by atoms with E-state index in [1.165, 1.54) is 11.3 Å². The third kappa shape index (κ3) is 1.44. The zero-order valence-electron chi connectivity index (χ0n) is 10.3. The number of carbonyl (C=O) groups is 1. The maximum Gasteiger partial charge on any atom is 0.270 e. The fraction of sp³-hybridized carbons (Fsp3) is 0.231. The molecule has 0 fully saturated rings. The van der Waals surface area contributed by atoms with Crippen molar-refractivity contribution in [1.82, 2.24) is 4.98 Å². The lowest BCUT2D eigenvalue weighted by atomic mass is 10.3. The van der Waals surface area contributed by atoms with Gasteiger partial charge >= 0.3 is 0 Å². The summed E-state index contributed by atoms with van der Waals surface area (Å²) in [6.45, 7) is 2.62. The van der Waals surface area contributed by atoms with Crippen molar-refractivity contribution in [1.29, 1.82) is 0 Å². The van der Waals surface area contributed by atoms with E-state index in [4.69, 9.17) is 0 Å². The molecule has 0 bridgehead atoms. The molecule has 0 saturated heterocycles. The Morgan fingerprint density at radius 1 is 1.33 bits per heavy atom. The van der Waals surface area contributed by atoms with Crippen molar-refractivity contribution in [3.63, 3.8) is 0 Å². The van der Waals surface area contributed by atoms with Crippen molar-refractivity contribution in [2.45, 2.75) is 6.92 Å². The van der Waals surface area contributed by atoms with Gasteiger partial charge in [0.05, 0.1) is 11.4 Å². The van der Waals surface area contributed by atoms with E-state index in [-0.39, 0.29) is 5.91 Å². The molecule has 2 aromatic rings. The average molecular weight is 259 g/mol. The molecule has 3 heterocycles. The zero-order valence-corrected chi connectivity index (χ0v) is 11.1. The number of hydrogen-bond donors (Lipinski definition) is 0. The van der Waals surface area contributed by atoms with Crippen molar-refractivity contribution in [3.05, 3.63) is 34.7 Å². The Morgan fingerprint density at radius 3 is 2.94 bits per heavy atom. The molecule has 5 heteroatoms. The first kappa shape index (κ1) is 11.2. The molecular formula is C13H13N3OS. The van der Waals surface area contributed by atoms with Gasteiger partial charge in [0.1, 0.15) is 4.88 Å². The van der Waals surface area contributed by atoms with Gasteiger partial charge in [0.2, 0.25) is 0 Å². The Bertz CT molecular complexity index is 608. The molecule has 0 N–H and O–H groups in total. The summed E-state index contributed by atoms with van der Waals surface area (Å²) in [5.74, 6) is 0.881. The molecule has 0 aromatic carbocycles. The van der Waals surface area contributed by atoms with E-state index >= 15 is 0 Å². The summed E-state index contributed by atoms with van der Waals surface area (Å²) in [7, 11) is 1.95. The third-order valence-electron chi connectivity index (χ3n) is 3.14. The Morgan fingerprint density at radius 2 is 2.17 bits per heavy atom. The highest BCUT2D eigenvalue weighted by molar-refractivity contribution is 7.12. The molecular weight excluding hydrogens is 246 g/mol. The third-order valence-corrected chi connectivity index (χ3v) is 4.03. The van der Waals surface area contributed by atoms with Crippen LogP contribution in [0.1, 0.15) is 16.6 Å². The van der Waals surface area contributed by atoms with Crippen LogP contribution in [0.4, 0.5) is 17.2 Å². The minimum absolute atomic E-state index is 0.0566. The molecule has 92 valence electrons. The van der Waals surface area contributed by atoms with Crippen LogP contribution in [0.25, 0.3) is 0 Å². The largest absolute Gasteiger partial charge is 0.326 e. The highest BCUT2D eigenvalue weighted by atomic mass is 32.1. The molecule has 0 saturated carbocycles. The number of anilines is 3. The normalized spacial score (nSPS) is 14.2. The second kappa shape index (κ2) is 4.10.